The smallest absolute Gasteiger partial charge is 0.260 e. The molecule has 152 valence electrons. The zero-order valence-electron chi connectivity index (χ0n) is 15.4. The maximum absolute atomic E-state index is 13.6. The number of hydrogen-bond acceptors (Lipinski definition) is 6. The highest BCUT2D eigenvalue weighted by atomic mass is 32.1. The molecule has 0 bridgehead atoms. The van der Waals surface area contributed by atoms with Crippen LogP contribution in [0.25, 0.3) is 0 Å². The number of carbonyl (C=O) groups excluding carboxylic acids is 4. The molecule has 3 rings (SSSR count). The highest BCUT2D eigenvalue weighted by molar-refractivity contribution is 7.14. The molecule has 8 nitrogen and oxygen atoms in total. The third-order valence-corrected chi connectivity index (χ3v) is 5.07. The van der Waals surface area contributed by atoms with Gasteiger partial charge in [0.2, 0.25) is 17.7 Å². The Morgan fingerprint density at radius 1 is 1.17 bits per heavy atom. The Bertz CT molecular complexity index is 930. The van der Waals surface area contributed by atoms with Gasteiger partial charge in [0.25, 0.3) is 5.91 Å². The van der Waals surface area contributed by atoms with Gasteiger partial charge in [0.05, 0.1) is 17.7 Å². The molecule has 29 heavy (non-hydrogen) atoms. The Morgan fingerprint density at radius 2 is 1.90 bits per heavy atom. The predicted molar refractivity (Wildman–Crippen MR) is 104 cm³/mol. The van der Waals surface area contributed by atoms with Gasteiger partial charge in [0.1, 0.15) is 5.82 Å². The van der Waals surface area contributed by atoms with Crippen LogP contribution in [-0.2, 0) is 20.8 Å². The van der Waals surface area contributed by atoms with E-state index in [1.807, 2.05) is 0 Å². The van der Waals surface area contributed by atoms with Crippen LogP contribution in [0, 0.1) is 5.82 Å². The summed E-state index contributed by atoms with van der Waals surface area (Å²) in [6, 6.07) is 5.62. The summed E-state index contributed by atoms with van der Waals surface area (Å²) >= 11 is 1.14. The Kier molecular flexibility index (Phi) is 6.65. The lowest BCUT2D eigenvalue weighted by Gasteiger charge is -2.13. The maximum atomic E-state index is 13.6. The van der Waals surface area contributed by atoms with Crippen LogP contribution in [0.4, 0.5) is 9.52 Å². The number of carbonyl (C=O) groups is 4. The lowest BCUT2D eigenvalue weighted by atomic mass is 10.2. The molecule has 2 aromatic rings. The van der Waals surface area contributed by atoms with Crippen molar-refractivity contribution in [2.45, 2.75) is 25.7 Å². The fourth-order valence-electron chi connectivity index (χ4n) is 2.82. The molecule has 1 fully saturated rings. The summed E-state index contributed by atoms with van der Waals surface area (Å²) in [7, 11) is 0. The van der Waals surface area contributed by atoms with Crippen molar-refractivity contribution in [1.29, 1.82) is 0 Å². The van der Waals surface area contributed by atoms with E-state index in [2.05, 4.69) is 15.6 Å². The van der Waals surface area contributed by atoms with Crippen LogP contribution in [0.3, 0.4) is 0 Å². The van der Waals surface area contributed by atoms with E-state index in [1.54, 1.807) is 11.4 Å². The summed E-state index contributed by atoms with van der Waals surface area (Å²) in [5, 5.41) is 7.13. The van der Waals surface area contributed by atoms with Crippen molar-refractivity contribution in [3.8, 4) is 0 Å². The number of likely N-dealkylation sites (tertiary alicyclic amines) is 1. The molecule has 0 saturated carbocycles. The Morgan fingerprint density at radius 3 is 2.62 bits per heavy atom. The van der Waals surface area contributed by atoms with Gasteiger partial charge in [-0.3, -0.25) is 29.4 Å². The van der Waals surface area contributed by atoms with Crippen molar-refractivity contribution >= 4 is 40.1 Å². The summed E-state index contributed by atoms with van der Waals surface area (Å²) in [6.07, 6.45) is 1.01. The van der Waals surface area contributed by atoms with Crippen molar-refractivity contribution in [3.63, 3.8) is 0 Å². The van der Waals surface area contributed by atoms with E-state index in [9.17, 15) is 23.6 Å². The van der Waals surface area contributed by atoms with Crippen LogP contribution in [0.1, 0.15) is 35.3 Å². The second kappa shape index (κ2) is 9.37. The molecule has 0 spiro atoms. The van der Waals surface area contributed by atoms with Crippen LogP contribution in [0.15, 0.2) is 29.6 Å². The second-order valence-electron chi connectivity index (χ2n) is 6.40. The average molecular weight is 418 g/mol. The average Bonchev–Trinajstić information content (AvgIpc) is 3.25. The standard InChI is InChI=1S/C19H19FN4O4S/c20-14-5-2-1-4-13(14)18(28)23-19-22-12(11-29-19)10-15(25)21-8-3-9-24-16(26)6-7-17(24)27/h1-2,4-5,11H,3,6-10H2,(H,21,25)(H,22,23,28). The van der Waals surface area contributed by atoms with Crippen molar-refractivity contribution in [3.05, 3.63) is 46.7 Å². The van der Waals surface area contributed by atoms with Crippen molar-refractivity contribution < 1.29 is 23.6 Å². The first-order chi connectivity index (χ1) is 13.9. The molecule has 2 N–H and O–H groups in total. The Balaban J connectivity index is 1.42. The monoisotopic (exact) mass is 418 g/mol. The minimum atomic E-state index is -0.626. The van der Waals surface area contributed by atoms with E-state index < -0.39 is 11.7 Å². The van der Waals surface area contributed by atoms with E-state index in [0.717, 1.165) is 11.3 Å². The van der Waals surface area contributed by atoms with Gasteiger partial charge in [-0.2, -0.15) is 0 Å². The van der Waals surface area contributed by atoms with E-state index in [1.165, 1.54) is 23.1 Å². The van der Waals surface area contributed by atoms with Crippen LogP contribution in [0.5, 0.6) is 0 Å². The quantitative estimate of drug-likeness (QED) is 0.501. The lowest BCUT2D eigenvalue weighted by Crippen LogP contribution is -2.33. The SMILES string of the molecule is O=C(Cc1csc(NC(=O)c2ccccc2F)n1)NCCCN1C(=O)CCC1=O. The van der Waals surface area contributed by atoms with Gasteiger partial charge in [0, 0.05) is 31.3 Å². The molecule has 0 atom stereocenters. The van der Waals surface area contributed by atoms with Crippen molar-refractivity contribution in [1.82, 2.24) is 15.2 Å². The largest absolute Gasteiger partial charge is 0.356 e. The van der Waals surface area contributed by atoms with Gasteiger partial charge in [-0.1, -0.05) is 12.1 Å². The van der Waals surface area contributed by atoms with Crippen molar-refractivity contribution in [2.75, 3.05) is 18.4 Å². The third-order valence-electron chi connectivity index (χ3n) is 4.27. The molecule has 1 aliphatic rings. The number of thiazole rings is 1. The molecule has 4 amide bonds. The minimum Gasteiger partial charge on any atom is -0.356 e. The summed E-state index contributed by atoms with van der Waals surface area (Å²) in [5.41, 5.74) is 0.387. The van der Waals surface area contributed by atoms with Crippen LogP contribution in [0.2, 0.25) is 0 Å². The number of benzene rings is 1. The van der Waals surface area contributed by atoms with Gasteiger partial charge in [-0.05, 0) is 18.6 Å². The number of amides is 4. The zero-order chi connectivity index (χ0) is 20.8. The number of nitrogens with one attached hydrogen (secondary N) is 2. The molecule has 1 aliphatic heterocycles. The number of rotatable bonds is 8. The molecule has 1 aromatic carbocycles. The fourth-order valence-corrected chi connectivity index (χ4v) is 3.52. The van der Waals surface area contributed by atoms with Crippen molar-refractivity contribution in [2.24, 2.45) is 0 Å². The summed E-state index contributed by atoms with van der Waals surface area (Å²) in [6.45, 7) is 0.623. The van der Waals surface area contributed by atoms with Gasteiger partial charge in [-0.15, -0.1) is 11.3 Å². The lowest BCUT2D eigenvalue weighted by molar-refractivity contribution is -0.138. The molecule has 0 radical (unpaired) electrons. The Labute approximate surface area is 170 Å². The Hall–Kier alpha value is -3.14. The zero-order valence-corrected chi connectivity index (χ0v) is 16.3. The van der Waals surface area contributed by atoms with Gasteiger partial charge in [0.15, 0.2) is 5.13 Å². The van der Waals surface area contributed by atoms with Gasteiger partial charge < -0.3 is 5.32 Å². The normalized spacial score (nSPS) is 13.6. The van der Waals surface area contributed by atoms with Crippen LogP contribution >= 0.6 is 11.3 Å². The van der Waals surface area contributed by atoms with E-state index >= 15 is 0 Å². The molecule has 2 heterocycles. The highest BCUT2D eigenvalue weighted by Crippen LogP contribution is 2.18. The van der Waals surface area contributed by atoms with Crippen LogP contribution < -0.4 is 10.6 Å². The van der Waals surface area contributed by atoms with Gasteiger partial charge >= 0.3 is 0 Å². The van der Waals surface area contributed by atoms with E-state index in [0.29, 0.717) is 25.2 Å². The second-order valence-corrected chi connectivity index (χ2v) is 7.26. The molecule has 0 aliphatic carbocycles. The molecular formula is C19H19FN4O4S. The summed E-state index contributed by atoms with van der Waals surface area (Å²) < 4.78 is 13.6. The summed E-state index contributed by atoms with van der Waals surface area (Å²) in [4.78, 5) is 52.5. The topological polar surface area (TPSA) is 108 Å². The number of aromatic nitrogens is 1. The first kappa shape index (κ1) is 20.6. The first-order valence-electron chi connectivity index (χ1n) is 9.04. The fraction of sp³-hybridized carbons (Fsp3) is 0.316. The van der Waals surface area contributed by atoms with Gasteiger partial charge in [-0.25, -0.2) is 9.37 Å². The molecule has 1 aromatic heterocycles. The molecule has 10 heteroatoms. The highest BCUT2D eigenvalue weighted by Gasteiger charge is 2.27. The van der Waals surface area contributed by atoms with Crippen LogP contribution in [-0.4, -0.2) is 46.6 Å². The minimum absolute atomic E-state index is 0.0215. The molecule has 1 saturated heterocycles. The molecular weight excluding hydrogens is 399 g/mol. The van der Waals surface area contributed by atoms with E-state index in [-0.39, 0.29) is 47.7 Å². The van der Waals surface area contributed by atoms with E-state index in [4.69, 9.17) is 0 Å². The number of imide groups is 1. The number of nitrogens with zero attached hydrogens (tertiary/aromatic N) is 2. The summed E-state index contributed by atoms with van der Waals surface area (Å²) in [5.74, 6) is -1.85. The number of hydrogen-bond donors (Lipinski definition) is 2. The maximum Gasteiger partial charge on any atom is 0.260 e. The first-order valence-corrected chi connectivity index (χ1v) is 9.92. The number of anilines is 1. The third kappa shape index (κ3) is 5.44. The number of halogens is 1. The molecule has 0 unspecified atom stereocenters. The predicted octanol–water partition coefficient (Wildman–Crippen LogP) is 1.73.